The van der Waals surface area contributed by atoms with Gasteiger partial charge in [0.2, 0.25) is 5.91 Å². The Balaban J connectivity index is 0.00000288. The molecule has 0 bridgehead atoms. The number of carbonyl (C=O) groups is 3. The van der Waals surface area contributed by atoms with Crippen molar-refractivity contribution in [3.05, 3.63) is 5.73 Å². The smallest absolute Gasteiger partial charge is 0.328 e. The fourth-order valence-corrected chi connectivity index (χ4v) is 4.24. The van der Waals surface area contributed by atoms with Crippen LogP contribution in [0, 0.1) is 50.0 Å². The average Bonchev–Trinajstić information content (AvgIpc) is 3.12. The molecule has 1 aliphatic carbocycles. The van der Waals surface area contributed by atoms with Gasteiger partial charge in [0.25, 0.3) is 0 Å². The van der Waals surface area contributed by atoms with Crippen molar-refractivity contribution in [2.75, 3.05) is 25.2 Å². The van der Waals surface area contributed by atoms with Gasteiger partial charge in [-0.1, -0.05) is 0 Å². The van der Waals surface area contributed by atoms with Crippen molar-refractivity contribution < 1.29 is 68.3 Å². The Hall–Kier alpha value is 0.322. The Morgan fingerprint density at radius 2 is 2.21 bits per heavy atom. The number of aliphatic hydroxyl groups excluding tert-OH is 1. The van der Waals surface area contributed by atoms with Crippen LogP contribution in [0.15, 0.2) is 0 Å². The molecule has 1 saturated carbocycles. The van der Waals surface area contributed by atoms with Crippen molar-refractivity contribution in [3.8, 4) is 0 Å². The van der Waals surface area contributed by atoms with Crippen LogP contribution in [0.1, 0.15) is 25.7 Å². The summed E-state index contributed by atoms with van der Waals surface area (Å²) in [4.78, 5) is 37.0. The Labute approximate surface area is 182 Å². The summed E-state index contributed by atoms with van der Waals surface area (Å²) in [6.07, 6.45) is 1.45. The zero-order chi connectivity index (χ0) is 17.0. The van der Waals surface area contributed by atoms with Gasteiger partial charge in [0.15, 0.2) is 0 Å². The van der Waals surface area contributed by atoms with Crippen LogP contribution in [-0.4, -0.2) is 71.0 Å². The zero-order valence-corrected chi connectivity index (χ0v) is 19.3. The molecule has 1 aliphatic heterocycles. The van der Waals surface area contributed by atoms with Crippen LogP contribution in [0.25, 0.3) is 5.73 Å². The number of Topliss-reactive ketones (excluding diaryl/α,β-unsaturated/α-hetero) is 1. The van der Waals surface area contributed by atoms with E-state index in [0.717, 1.165) is 6.42 Å². The largest absolute Gasteiger partial charge is 0.666 e. The van der Waals surface area contributed by atoms with E-state index in [1.807, 2.05) is 0 Å². The number of carbonyl (C=O) groups excluding carboxylic acids is 3. The second-order valence-corrected chi connectivity index (χ2v) is 7.13. The van der Waals surface area contributed by atoms with E-state index in [9.17, 15) is 19.5 Å². The number of rotatable bonds is 6. The number of hydrogen-bond donors (Lipinski definition) is 1. The van der Waals surface area contributed by atoms with E-state index in [2.05, 4.69) is 0 Å². The molecule has 2 fully saturated rings. The first kappa shape index (κ1) is 22.4. The standard InChI is InChI=1S/C15H23N2O5S.Ac/c1-22-15(21)12-3-2-4-17(12)14(20)11(16)8-23-7-9-5-10(18)6-13(9)19;/h9-12,16,18H,2-8H2,1H3;/q-1;. The summed E-state index contributed by atoms with van der Waals surface area (Å²) in [5, 5.41) is 9.44. The van der Waals surface area contributed by atoms with Crippen LogP contribution in [0.3, 0.4) is 0 Å². The van der Waals surface area contributed by atoms with Crippen LogP contribution >= 0.6 is 11.8 Å². The molecule has 0 aromatic heterocycles. The molecule has 1 heterocycles. The number of aliphatic hydroxyl groups is 1. The minimum atomic E-state index is -0.952. The van der Waals surface area contributed by atoms with Crippen molar-refractivity contribution in [3.63, 3.8) is 0 Å². The van der Waals surface area contributed by atoms with E-state index in [4.69, 9.17) is 10.5 Å². The summed E-state index contributed by atoms with van der Waals surface area (Å²) in [6, 6.07) is -1.52. The second kappa shape index (κ2) is 10.5. The molecule has 2 aliphatic rings. The Kier molecular flexibility index (Phi) is 9.75. The van der Waals surface area contributed by atoms with Gasteiger partial charge in [-0.15, -0.1) is 0 Å². The molecule has 0 aromatic carbocycles. The number of ether oxygens (including phenoxy) is 1. The Morgan fingerprint density at radius 3 is 2.79 bits per heavy atom. The molecule has 133 valence electrons. The maximum atomic E-state index is 12.3. The van der Waals surface area contributed by atoms with E-state index < -0.39 is 24.2 Å². The van der Waals surface area contributed by atoms with Crippen LogP contribution < -0.4 is 0 Å². The number of esters is 1. The molecular formula is C15H23AcN2O5S-. The topological polar surface area (TPSA) is 108 Å². The second-order valence-electron chi connectivity index (χ2n) is 6.06. The van der Waals surface area contributed by atoms with Crippen molar-refractivity contribution in [2.45, 2.75) is 43.9 Å². The molecule has 4 atom stereocenters. The van der Waals surface area contributed by atoms with Gasteiger partial charge in [-0.05, 0) is 31.1 Å². The van der Waals surface area contributed by atoms with E-state index in [0.29, 0.717) is 25.1 Å². The number of amides is 1. The summed E-state index contributed by atoms with van der Waals surface area (Å²) < 4.78 is 4.70. The van der Waals surface area contributed by atoms with Gasteiger partial charge in [-0.2, -0.15) is 11.8 Å². The Bertz CT molecular complexity index is 479. The summed E-state index contributed by atoms with van der Waals surface area (Å²) in [7, 11) is 1.30. The van der Waals surface area contributed by atoms with Crippen LogP contribution in [0.4, 0.5) is 0 Å². The van der Waals surface area contributed by atoms with Crippen LogP contribution in [0.2, 0.25) is 0 Å². The van der Waals surface area contributed by atoms with Crippen molar-refractivity contribution >= 4 is 29.4 Å². The Morgan fingerprint density at radius 1 is 1.50 bits per heavy atom. The third-order valence-electron chi connectivity index (χ3n) is 4.36. The summed E-state index contributed by atoms with van der Waals surface area (Å²) >= 11 is 1.38. The number of likely N-dealkylation sites (tertiary alicyclic amines) is 1. The molecule has 1 radical (unpaired) electrons. The predicted molar refractivity (Wildman–Crippen MR) is 85.9 cm³/mol. The van der Waals surface area contributed by atoms with Gasteiger partial charge in [0, 0.05) is 68.7 Å². The van der Waals surface area contributed by atoms with Crippen molar-refractivity contribution in [2.24, 2.45) is 5.92 Å². The molecule has 0 spiro atoms. The minimum absolute atomic E-state index is 0. The van der Waals surface area contributed by atoms with Gasteiger partial charge in [-0.3, -0.25) is 9.59 Å². The molecule has 2 N–H and O–H groups in total. The zero-order valence-electron chi connectivity index (χ0n) is 13.8. The quantitative estimate of drug-likeness (QED) is 0.470. The normalized spacial score (nSPS) is 27.7. The van der Waals surface area contributed by atoms with Crippen LogP contribution in [-0.2, 0) is 19.1 Å². The monoisotopic (exact) mass is 570 g/mol. The van der Waals surface area contributed by atoms with Gasteiger partial charge in [0.05, 0.1) is 13.2 Å². The van der Waals surface area contributed by atoms with Gasteiger partial charge >= 0.3 is 5.97 Å². The molecule has 2 rings (SSSR count). The average molecular weight is 570 g/mol. The van der Waals surface area contributed by atoms with Crippen LogP contribution in [0.5, 0.6) is 0 Å². The molecule has 1 amide bonds. The number of hydrogen-bond acceptors (Lipinski definition) is 6. The first-order valence-electron chi connectivity index (χ1n) is 7.82. The first-order valence-corrected chi connectivity index (χ1v) is 8.97. The first-order chi connectivity index (χ1) is 10.9. The molecular weight excluding hydrogens is 547 g/mol. The van der Waals surface area contributed by atoms with Crippen molar-refractivity contribution in [1.82, 2.24) is 4.90 Å². The fourth-order valence-electron chi connectivity index (χ4n) is 3.11. The summed E-state index contributed by atoms with van der Waals surface area (Å²) in [5.41, 5.74) is 8.00. The third-order valence-corrected chi connectivity index (χ3v) is 5.57. The van der Waals surface area contributed by atoms with E-state index in [1.54, 1.807) is 0 Å². The molecule has 4 unspecified atom stereocenters. The molecule has 0 aromatic rings. The number of thioether (sulfide) groups is 1. The number of methoxy groups -OCH3 is 1. The predicted octanol–water partition coefficient (Wildman–Crippen LogP) is 0.644. The number of nitrogens with one attached hydrogen (secondary N) is 1. The minimum Gasteiger partial charge on any atom is -0.666 e. The fraction of sp³-hybridized carbons (Fsp3) is 0.800. The van der Waals surface area contributed by atoms with Crippen molar-refractivity contribution in [1.29, 1.82) is 0 Å². The van der Waals surface area contributed by atoms with Gasteiger partial charge in [0.1, 0.15) is 11.8 Å². The van der Waals surface area contributed by atoms with E-state index >= 15 is 0 Å². The maximum absolute atomic E-state index is 12.3. The third kappa shape index (κ3) is 5.67. The summed E-state index contributed by atoms with van der Waals surface area (Å²) in [6.45, 7) is 0.478. The summed E-state index contributed by atoms with van der Waals surface area (Å²) in [5.74, 6) is -0.0956. The number of nitrogens with zero attached hydrogens (tertiary/aromatic N) is 1. The molecule has 9 heteroatoms. The molecule has 1 saturated heterocycles. The van der Waals surface area contributed by atoms with E-state index in [1.165, 1.54) is 23.8 Å². The SMILES string of the molecule is COC(=O)C1CCCN1C(=O)C([NH-])CSCC1CC(O)CC1=O.[Ac]. The number of ketones is 1. The van der Waals surface area contributed by atoms with Gasteiger partial charge < -0.3 is 20.5 Å². The maximum Gasteiger partial charge on any atom is 0.328 e. The van der Waals surface area contributed by atoms with E-state index in [-0.39, 0.29) is 73.8 Å². The van der Waals surface area contributed by atoms with Gasteiger partial charge in [-0.25, -0.2) is 4.79 Å². The molecule has 7 nitrogen and oxygen atoms in total. The molecule has 24 heavy (non-hydrogen) atoms.